The number of nitrogens with one attached hydrogen (secondary N) is 3. The molecule has 29 heavy (non-hydrogen) atoms. The molecule has 0 spiro atoms. The summed E-state index contributed by atoms with van der Waals surface area (Å²) in [7, 11) is 1.53. The summed E-state index contributed by atoms with van der Waals surface area (Å²) in [4.78, 5) is 23.9. The molecule has 0 aliphatic rings. The Morgan fingerprint density at radius 1 is 1.03 bits per heavy atom. The second kappa shape index (κ2) is 8.83. The van der Waals surface area contributed by atoms with Gasteiger partial charge in [0.05, 0.1) is 24.1 Å². The summed E-state index contributed by atoms with van der Waals surface area (Å²) >= 11 is 0. The number of amides is 3. The fraction of sp³-hybridized carbons (Fsp3) is 0.211. The summed E-state index contributed by atoms with van der Waals surface area (Å²) < 4.78 is 6.81. The normalized spacial score (nSPS) is 10.3. The largest absolute Gasteiger partial charge is 0.477 e. The van der Waals surface area contributed by atoms with E-state index in [-0.39, 0.29) is 11.9 Å². The van der Waals surface area contributed by atoms with Gasteiger partial charge in [-0.25, -0.2) is 9.48 Å². The minimum Gasteiger partial charge on any atom is -0.477 e. The minimum atomic E-state index is -0.317. The second-order valence-corrected chi connectivity index (χ2v) is 5.95. The van der Waals surface area contributed by atoms with Crippen LogP contribution in [0.1, 0.15) is 23.0 Å². The molecule has 2 aromatic heterocycles. The summed E-state index contributed by atoms with van der Waals surface area (Å²) in [5.41, 5.74) is 2.23. The van der Waals surface area contributed by atoms with Gasteiger partial charge < -0.3 is 20.7 Å². The molecule has 0 unspecified atom stereocenters. The van der Waals surface area contributed by atoms with Crippen molar-refractivity contribution in [3.63, 3.8) is 0 Å². The highest BCUT2D eigenvalue weighted by Crippen LogP contribution is 2.17. The number of urea groups is 1. The number of hydrogen-bond acceptors (Lipinski definition) is 6. The molecule has 0 aliphatic heterocycles. The molecule has 0 saturated carbocycles. The molecular weight excluding hydrogens is 374 g/mol. The van der Waals surface area contributed by atoms with Gasteiger partial charge in [0, 0.05) is 24.5 Å². The molecule has 150 valence electrons. The average molecular weight is 395 g/mol. The van der Waals surface area contributed by atoms with E-state index >= 15 is 0 Å². The lowest BCUT2D eigenvalue weighted by Crippen LogP contribution is -2.24. The number of carbonyl (C=O) groups excluding carboxylic acids is 2. The van der Waals surface area contributed by atoms with Gasteiger partial charge in [0.15, 0.2) is 5.82 Å². The van der Waals surface area contributed by atoms with E-state index in [9.17, 15) is 9.59 Å². The number of hydrogen-bond donors (Lipinski definition) is 3. The SMILES string of the molecule is CCOc1ccc(-n2ncc(C(=O)Nc3ccc(NC(=O)NC)cc3)c2C)nn1. The van der Waals surface area contributed by atoms with Crippen molar-refractivity contribution in [1.29, 1.82) is 0 Å². The van der Waals surface area contributed by atoms with Gasteiger partial charge in [-0.15, -0.1) is 10.2 Å². The van der Waals surface area contributed by atoms with E-state index in [1.165, 1.54) is 17.9 Å². The molecule has 3 aromatic rings. The Morgan fingerprint density at radius 3 is 2.31 bits per heavy atom. The zero-order chi connectivity index (χ0) is 20.8. The van der Waals surface area contributed by atoms with Crippen LogP contribution in [0.3, 0.4) is 0 Å². The molecule has 10 heteroatoms. The topological polar surface area (TPSA) is 123 Å². The van der Waals surface area contributed by atoms with Crippen LogP contribution in [0.2, 0.25) is 0 Å². The maximum absolute atomic E-state index is 12.6. The smallest absolute Gasteiger partial charge is 0.318 e. The second-order valence-electron chi connectivity index (χ2n) is 5.95. The lowest BCUT2D eigenvalue weighted by Gasteiger charge is -2.08. The predicted octanol–water partition coefficient (Wildman–Crippen LogP) is 2.37. The summed E-state index contributed by atoms with van der Waals surface area (Å²) in [6, 6.07) is 9.87. The van der Waals surface area contributed by atoms with E-state index in [0.717, 1.165) is 0 Å². The first-order valence-electron chi connectivity index (χ1n) is 8.93. The third-order valence-corrected chi connectivity index (χ3v) is 4.02. The molecule has 3 amide bonds. The van der Waals surface area contributed by atoms with Gasteiger partial charge in [-0.2, -0.15) is 5.10 Å². The lowest BCUT2D eigenvalue weighted by atomic mass is 10.2. The highest BCUT2D eigenvalue weighted by Gasteiger charge is 2.16. The van der Waals surface area contributed by atoms with Crippen molar-refractivity contribution in [3.05, 3.63) is 53.9 Å². The molecule has 2 heterocycles. The number of nitrogens with zero attached hydrogens (tertiary/aromatic N) is 4. The van der Waals surface area contributed by atoms with Crippen LogP contribution < -0.4 is 20.7 Å². The fourth-order valence-corrected chi connectivity index (χ4v) is 2.54. The summed E-state index contributed by atoms with van der Waals surface area (Å²) in [6.07, 6.45) is 1.48. The van der Waals surface area contributed by atoms with Gasteiger partial charge in [0.1, 0.15) is 0 Å². The van der Waals surface area contributed by atoms with Gasteiger partial charge in [0.2, 0.25) is 5.88 Å². The molecule has 0 radical (unpaired) electrons. The van der Waals surface area contributed by atoms with Crippen LogP contribution in [0.25, 0.3) is 5.82 Å². The van der Waals surface area contributed by atoms with Crippen molar-refractivity contribution < 1.29 is 14.3 Å². The highest BCUT2D eigenvalue weighted by molar-refractivity contribution is 6.05. The number of ether oxygens (including phenoxy) is 1. The van der Waals surface area contributed by atoms with Gasteiger partial charge in [-0.1, -0.05) is 0 Å². The van der Waals surface area contributed by atoms with Crippen LogP contribution in [-0.4, -0.2) is 45.6 Å². The zero-order valence-electron chi connectivity index (χ0n) is 16.3. The van der Waals surface area contributed by atoms with E-state index < -0.39 is 0 Å². The van der Waals surface area contributed by atoms with Gasteiger partial charge in [-0.3, -0.25) is 4.79 Å². The third kappa shape index (κ3) is 4.67. The van der Waals surface area contributed by atoms with Crippen molar-refractivity contribution in [3.8, 4) is 11.7 Å². The number of rotatable bonds is 6. The fourth-order valence-electron chi connectivity index (χ4n) is 2.54. The quantitative estimate of drug-likeness (QED) is 0.589. The lowest BCUT2D eigenvalue weighted by molar-refractivity contribution is 0.102. The number of anilines is 2. The zero-order valence-corrected chi connectivity index (χ0v) is 16.3. The van der Waals surface area contributed by atoms with Crippen molar-refractivity contribution in [2.75, 3.05) is 24.3 Å². The van der Waals surface area contributed by atoms with Crippen LogP contribution in [0.4, 0.5) is 16.2 Å². The highest BCUT2D eigenvalue weighted by atomic mass is 16.5. The van der Waals surface area contributed by atoms with E-state index in [4.69, 9.17) is 4.74 Å². The van der Waals surface area contributed by atoms with Crippen LogP contribution >= 0.6 is 0 Å². The molecule has 0 fully saturated rings. The minimum absolute atomic E-state index is 0.306. The molecule has 0 aliphatic carbocycles. The Labute approximate surface area is 167 Å². The number of aromatic nitrogens is 4. The molecule has 1 aromatic carbocycles. The van der Waals surface area contributed by atoms with Crippen LogP contribution in [-0.2, 0) is 0 Å². The molecule has 3 rings (SSSR count). The molecule has 0 bridgehead atoms. The van der Waals surface area contributed by atoms with E-state index in [2.05, 4.69) is 31.2 Å². The monoisotopic (exact) mass is 395 g/mol. The first-order valence-corrected chi connectivity index (χ1v) is 8.93. The Morgan fingerprint density at radius 2 is 1.72 bits per heavy atom. The molecule has 10 nitrogen and oxygen atoms in total. The van der Waals surface area contributed by atoms with Crippen molar-refractivity contribution >= 4 is 23.3 Å². The maximum Gasteiger partial charge on any atom is 0.318 e. The van der Waals surface area contributed by atoms with Crippen LogP contribution in [0.5, 0.6) is 5.88 Å². The van der Waals surface area contributed by atoms with Crippen molar-refractivity contribution in [2.24, 2.45) is 0 Å². The summed E-state index contributed by atoms with van der Waals surface area (Å²) in [5, 5.41) is 20.2. The Hall–Kier alpha value is -3.95. The average Bonchev–Trinajstić information content (AvgIpc) is 3.11. The van der Waals surface area contributed by atoms with Gasteiger partial charge >= 0.3 is 6.03 Å². The Bertz CT molecular complexity index is 998. The Balaban J connectivity index is 1.71. The summed E-state index contributed by atoms with van der Waals surface area (Å²) in [5.74, 6) is 0.600. The Kier molecular flexibility index (Phi) is 6.03. The van der Waals surface area contributed by atoms with Crippen molar-refractivity contribution in [1.82, 2.24) is 25.3 Å². The first kappa shape index (κ1) is 19.8. The van der Waals surface area contributed by atoms with Crippen molar-refractivity contribution in [2.45, 2.75) is 13.8 Å². The predicted molar refractivity (Wildman–Crippen MR) is 108 cm³/mol. The van der Waals surface area contributed by atoms with Gasteiger partial charge in [-0.05, 0) is 44.2 Å². The van der Waals surface area contributed by atoms with E-state index in [1.807, 2.05) is 6.92 Å². The van der Waals surface area contributed by atoms with E-state index in [1.54, 1.807) is 43.3 Å². The maximum atomic E-state index is 12.6. The summed E-state index contributed by atoms with van der Waals surface area (Å²) in [6.45, 7) is 4.14. The van der Waals surface area contributed by atoms with Crippen LogP contribution in [0.15, 0.2) is 42.6 Å². The molecule has 0 saturated heterocycles. The van der Waals surface area contributed by atoms with E-state index in [0.29, 0.717) is 40.9 Å². The standard InChI is InChI=1S/C19H21N7O3/c1-4-29-17-10-9-16(24-25-17)26-12(2)15(11-21-26)18(27)22-13-5-7-14(8-6-13)23-19(28)20-3/h5-11H,4H2,1-3H3,(H,22,27)(H2,20,23,28). The first-order chi connectivity index (χ1) is 14.0. The number of benzene rings is 1. The number of carbonyl (C=O) groups is 2. The molecular formula is C19H21N7O3. The third-order valence-electron chi connectivity index (χ3n) is 4.02. The molecule has 3 N–H and O–H groups in total. The molecule has 0 atom stereocenters. The van der Waals surface area contributed by atoms with Gasteiger partial charge in [0.25, 0.3) is 5.91 Å². The van der Waals surface area contributed by atoms with Crippen LogP contribution in [0, 0.1) is 6.92 Å².